The maximum atomic E-state index is 12.7. The molecule has 1 heterocycles. The van der Waals surface area contributed by atoms with Gasteiger partial charge in [0.25, 0.3) is 0 Å². The molecule has 2 aromatic carbocycles. The molecule has 0 aromatic heterocycles. The van der Waals surface area contributed by atoms with Crippen LogP contribution in [0, 0.1) is 12.8 Å². The van der Waals surface area contributed by atoms with E-state index >= 15 is 0 Å². The summed E-state index contributed by atoms with van der Waals surface area (Å²) in [7, 11) is 3.10. The molecular formula is C20H22N2O4. The van der Waals surface area contributed by atoms with Crippen LogP contribution in [-0.4, -0.2) is 32.6 Å². The van der Waals surface area contributed by atoms with Crippen molar-refractivity contribution >= 4 is 23.2 Å². The van der Waals surface area contributed by atoms with Crippen LogP contribution in [0.1, 0.15) is 12.0 Å². The van der Waals surface area contributed by atoms with Crippen molar-refractivity contribution in [3.63, 3.8) is 0 Å². The predicted octanol–water partition coefficient (Wildman–Crippen LogP) is 3.00. The van der Waals surface area contributed by atoms with Gasteiger partial charge < -0.3 is 19.7 Å². The van der Waals surface area contributed by atoms with Crippen molar-refractivity contribution in [2.45, 2.75) is 13.3 Å². The molecule has 0 aliphatic carbocycles. The standard InChI is InChI=1S/C20H22N2O4/c1-13-6-4-5-7-17(13)22-12-14(10-19(22)23)20(24)21-16-11-15(25-2)8-9-18(16)26-3/h4-9,11,14H,10,12H2,1-3H3,(H,21,24)/t14-/m1/s1. The summed E-state index contributed by atoms with van der Waals surface area (Å²) in [4.78, 5) is 26.8. The molecule has 1 aliphatic rings. The maximum absolute atomic E-state index is 12.7. The first-order chi connectivity index (χ1) is 12.5. The lowest BCUT2D eigenvalue weighted by molar-refractivity contribution is -0.122. The largest absolute Gasteiger partial charge is 0.497 e. The molecule has 3 rings (SSSR count). The molecule has 0 bridgehead atoms. The zero-order valence-electron chi connectivity index (χ0n) is 15.1. The van der Waals surface area contributed by atoms with Gasteiger partial charge in [-0.1, -0.05) is 18.2 Å². The first-order valence-corrected chi connectivity index (χ1v) is 8.42. The van der Waals surface area contributed by atoms with Crippen molar-refractivity contribution in [2.75, 3.05) is 31.0 Å². The lowest BCUT2D eigenvalue weighted by atomic mass is 10.1. The van der Waals surface area contributed by atoms with Gasteiger partial charge in [0.1, 0.15) is 11.5 Å². The van der Waals surface area contributed by atoms with Gasteiger partial charge in [0.15, 0.2) is 0 Å². The lowest BCUT2D eigenvalue weighted by Gasteiger charge is -2.19. The minimum absolute atomic E-state index is 0.0444. The summed E-state index contributed by atoms with van der Waals surface area (Å²) in [5, 5.41) is 2.86. The van der Waals surface area contributed by atoms with Crippen LogP contribution in [0.4, 0.5) is 11.4 Å². The van der Waals surface area contributed by atoms with Crippen LogP contribution in [-0.2, 0) is 9.59 Å². The molecule has 1 saturated heterocycles. The van der Waals surface area contributed by atoms with Crippen LogP contribution >= 0.6 is 0 Å². The summed E-state index contributed by atoms with van der Waals surface area (Å²) < 4.78 is 10.5. The van der Waals surface area contributed by atoms with Gasteiger partial charge in [-0.05, 0) is 30.7 Å². The van der Waals surface area contributed by atoms with E-state index in [-0.39, 0.29) is 18.2 Å². The molecule has 1 atom stereocenters. The van der Waals surface area contributed by atoms with Crippen LogP contribution in [0.3, 0.4) is 0 Å². The van der Waals surface area contributed by atoms with E-state index < -0.39 is 5.92 Å². The van der Waals surface area contributed by atoms with Gasteiger partial charge >= 0.3 is 0 Å². The molecule has 6 heteroatoms. The number of hydrogen-bond acceptors (Lipinski definition) is 4. The molecule has 2 aromatic rings. The molecule has 1 N–H and O–H groups in total. The highest BCUT2D eigenvalue weighted by molar-refractivity contribution is 6.04. The van der Waals surface area contributed by atoms with Crippen molar-refractivity contribution < 1.29 is 19.1 Å². The topological polar surface area (TPSA) is 67.9 Å². The van der Waals surface area contributed by atoms with E-state index in [4.69, 9.17) is 9.47 Å². The van der Waals surface area contributed by atoms with Crippen LogP contribution in [0.5, 0.6) is 11.5 Å². The summed E-state index contributed by atoms with van der Waals surface area (Å²) in [6, 6.07) is 12.9. The number of rotatable bonds is 5. The number of benzene rings is 2. The van der Waals surface area contributed by atoms with Gasteiger partial charge in [0, 0.05) is 24.7 Å². The smallest absolute Gasteiger partial charge is 0.229 e. The van der Waals surface area contributed by atoms with E-state index in [0.29, 0.717) is 23.7 Å². The fourth-order valence-corrected chi connectivity index (χ4v) is 3.13. The molecule has 26 heavy (non-hydrogen) atoms. The van der Waals surface area contributed by atoms with Crippen LogP contribution in [0.15, 0.2) is 42.5 Å². The Morgan fingerprint density at radius 1 is 1.15 bits per heavy atom. The van der Waals surface area contributed by atoms with Crippen molar-refractivity contribution in [2.24, 2.45) is 5.92 Å². The Labute approximate surface area is 152 Å². The minimum Gasteiger partial charge on any atom is -0.497 e. The Bertz CT molecular complexity index is 834. The lowest BCUT2D eigenvalue weighted by Crippen LogP contribution is -2.28. The normalized spacial score (nSPS) is 16.5. The Balaban J connectivity index is 1.76. The molecule has 0 spiro atoms. The molecule has 6 nitrogen and oxygen atoms in total. The Kier molecular flexibility index (Phi) is 5.11. The first-order valence-electron chi connectivity index (χ1n) is 8.42. The number of ether oxygens (including phenoxy) is 2. The average Bonchev–Trinajstić information content (AvgIpc) is 3.03. The van der Waals surface area contributed by atoms with Gasteiger partial charge in [0.05, 0.1) is 25.8 Å². The molecule has 1 fully saturated rings. The SMILES string of the molecule is COc1ccc(OC)c(NC(=O)[C@@H]2CC(=O)N(c3ccccc3C)C2)c1. The Hall–Kier alpha value is -3.02. The highest BCUT2D eigenvalue weighted by Gasteiger charge is 2.35. The van der Waals surface area contributed by atoms with E-state index in [1.165, 1.54) is 7.11 Å². The second-order valence-electron chi connectivity index (χ2n) is 6.25. The highest BCUT2D eigenvalue weighted by atomic mass is 16.5. The number of methoxy groups -OCH3 is 2. The molecular weight excluding hydrogens is 332 g/mol. The summed E-state index contributed by atoms with van der Waals surface area (Å²) >= 11 is 0. The van der Waals surface area contributed by atoms with E-state index in [2.05, 4.69) is 5.32 Å². The third-order valence-electron chi connectivity index (χ3n) is 4.57. The zero-order chi connectivity index (χ0) is 18.7. The quantitative estimate of drug-likeness (QED) is 0.896. The number of aryl methyl sites for hydroxylation is 1. The number of nitrogens with one attached hydrogen (secondary N) is 1. The highest BCUT2D eigenvalue weighted by Crippen LogP contribution is 2.32. The summed E-state index contributed by atoms with van der Waals surface area (Å²) in [6.07, 6.45) is 0.187. The van der Waals surface area contributed by atoms with Gasteiger partial charge in [0.2, 0.25) is 11.8 Å². The number of anilines is 2. The number of carbonyl (C=O) groups is 2. The fourth-order valence-electron chi connectivity index (χ4n) is 3.13. The second-order valence-corrected chi connectivity index (χ2v) is 6.25. The van der Waals surface area contributed by atoms with Crippen molar-refractivity contribution in [3.05, 3.63) is 48.0 Å². The summed E-state index contributed by atoms with van der Waals surface area (Å²) in [5.41, 5.74) is 2.39. The molecule has 136 valence electrons. The fraction of sp³-hybridized carbons (Fsp3) is 0.300. The molecule has 0 saturated carbocycles. The Morgan fingerprint density at radius 2 is 1.92 bits per heavy atom. The van der Waals surface area contributed by atoms with Crippen LogP contribution in [0.2, 0.25) is 0 Å². The van der Waals surface area contributed by atoms with Crippen molar-refractivity contribution in [1.29, 1.82) is 0 Å². The van der Waals surface area contributed by atoms with E-state index in [9.17, 15) is 9.59 Å². The van der Waals surface area contributed by atoms with Crippen LogP contribution in [0.25, 0.3) is 0 Å². The Morgan fingerprint density at radius 3 is 2.62 bits per heavy atom. The molecule has 1 aliphatic heterocycles. The number of nitrogens with zero attached hydrogens (tertiary/aromatic N) is 1. The predicted molar refractivity (Wildman–Crippen MR) is 99.8 cm³/mol. The van der Waals surface area contributed by atoms with E-state index in [1.54, 1.807) is 30.2 Å². The van der Waals surface area contributed by atoms with Crippen molar-refractivity contribution in [1.82, 2.24) is 0 Å². The van der Waals surface area contributed by atoms with Gasteiger partial charge in [-0.25, -0.2) is 0 Å². The average molecular weight is 354 g/mol. The molecule has 2 amide bonds. The first kappa shape index (κ1) is 17.8. The third kappa shape index (κ3) is 3.49. The van der Waals surface area contributed by atoms with E-state index in [1.807, 2.05) is 31.2 Å². The minimum atomic E-state index is -0.419. The summed E-state index contributed by atoms with van der Waals surface area (Å²) in [6.45, 7) is 2.32. The monoisotopic (exact) mass is 354 g/mol. The maximum Gasteiger partial charge on any atom is 0.229 e. The second kappa shape index (κ2) is 7.47. The van der Waals surface area contributed by atoms with Crippen LogP contribution < -0.4 is 19.7 Å². The number of para-hydroxylation sites is 1. The van der Waals surface area contributed by atoms with Gasteiger partial charge in [-0.3, -0.25) is 9.59 Å². The van der Waals surface area contributed by atoms with Gasteiger partial charge in [-0.2, -0.15) is 0 Å². The molecule has 0 unspecified atom stereocenters. The number of hydrogen-bond donors (Lipinski definition) is 1. The zero-order valence-corrected chi connectivity index (χ0v) is 15.1. The molecule has 0 radical (unpaired) electrons. The third-order valence-corrected chi connectivity index (χ3v) is 4.57. The summed E-state index contributed by atoms with van der Waals surface area (Å²) in [5.74, 6) is 0.487. The number of amides is 2. The van der Waals surface area contributed by atoms with Crippen molar-refractivity contribution in [3.8, 4) is 11.5 Å². The number of carbonyl (C=O) groups excluding carboxylic acids is 2. The van der Waals surface area contributed by atoms with E-state index in [0.717, 1.165) is 11.3 Å². The van der Waals surface area contributed by atoms with Gasteiger partial charge in [-0.15, -0.1) is 0 Å².